The molecule has 0 aliphatic carbocycles. The Morgan fingerprint density at radius 3 is 1.87 bits per heavy atom. The van der Waals surface area contributed by atoms with Crippen LogP contribution in [0.2, 0.25) is 17.3 Å². The molecule has 2 aromatic carbocycles. The number of carboxylic acid groups (broad SMARTS) is 1. The van der Waals surface area contributed by atoms with Crippen LogP contribution in [0.1, 0.15) is 26.3 Å². The van der Waals surface area contributed by atoms with E-state index in [-0.39, 0.29) is 11.3 Å². The topological polar surface area (TPSA) is 54.4 Å². The number of hydrogen-bond donors (Lipinski definition) is 1. The van der Waals surface area contributed by atoms with E-state index >= 15 is 0 Å². The average Bonchev–Trinajstić information content (AvgIpc) is 2.52. The van der Waals surface area contributed by atoms with E-state index in [1.165, 1.54) is 22.6 Å². The van der Waals surface area contributed by atoms with E-state index in [4.69, 9.17) is 5.11 Å². The molecular weight excluding hydrogens is 349 g/mol. The first-order chi connectivity index (χ1) is 10.8. The Kier molecular flexibility index (Phi) is 5.21. The Hall–Kier alpha value is -2.14. The fourth-order valence-corrected chi connectivity index (χ4v) is 4.59. The molecule has 0 spiro atoms. The summed E-state index contributed by atoms with van der Waals surface area (Å²) in [5.74, 6) is 5.94. The molecule has 4 heteroatoms. The first-order valence-corrected chi connectivity index (χ1v) is 14.8. The molecule has 118 valence electrons. The van der Waals surface area contributed by atoms with Crippen LogP contribution in [0.4, 0.5) is 0 Å². The minimum atomic E-state index is -1.85. The van der Waals surface area contributed by atoms with Gasteiger partial charge < -0.3 is 5.11 Å². The normalized spacial score (nSPS) is 11.6. The number of benzene rings is 2. The van der Waals surface area contributed by atoms with Crippen LogP contribution in [0.25, 0.3) is 6.08 Å². The molecule has 0 unspecified atom stereocenters. The molecular formula is C19H20GeO3. The van der Waals surface area contributed by atoms with Gasteiger partial charge in [0.05, 0.1) is 0 Å². The fourth-order valence-electron chi connectivity index (χ4n) is 2.14. The zero-order valence-electron chi connectivity index (χ0n) is 13.5. The predicted octanol–water partition coefficient (Wildman–Crippen LogP) is 3.83. The van der Waals surface area contributed by atoms with E-state index in [2.05, 4.69) is 29.4 Å². The molecule has 23 heavy (non-hydrogen) atoms. The number of carbonyl (C=O) groups excluding carboxylic acids is 1. The quantitative estimate of drug-likeness (QED) is 0.495. The van der Waals surface area contributed by atoms with Gasteiger partial charge in [-0.25, -0.2) is 4.79 Å². The number of aromatic carboxylic acids is 1. The van der Waals surface area contributed by atoms with Gasteiger partial charge >= 0.3 is 129 Å². The van der Waals surface area contributed by atoms with Gasteiger partial charge in [-0.1, -0.05) is 0 Å². The van der Waals surface area contributed by atoms with Gasteiger partial charge in [-0.05, 0) is 0 Å². The number of carbonyl (C=O) groups is 2. The number of hydrogen-bond acceptors (Lipinski definition) is 2. The summed E-state index contributed by atoms with van der Waals surface area (Å²) in [5, 5.41) is 8.85. The Bertz CT molecular complexity index is 736. The van der Waals surface area contributed by atoms with Gasteiger partial charge in [0.1, 0.15) is 0 Å². The average molecular weight is 369 g/mol. The van der Waals surface area contributed by atoms with Gasteiger partial charge in [0.15, 0.2) is 0 Å². The Morgan fingerprint density at radius 2 is 1.39 bits per heavy atom. The van der Waals surface area contributed by atoms with Gasteiger partial charge in [-0.2, -0.15) is 0 Å². The summed E-state index contributed by atoms with van der Waals surface area (Å²) in [6.45, 7) is 0. The molecule has 3 nitrogen and oxygen atoms in total. The molecule has 0 aliphatic heterocycles. The van der Waals surface area contributed by atoms with Crippen molar-refractivity contribution in [3.05, 3.63) is 71.3 Å². The van der Waals surface area contributed by atoms with Gasteiger partial charge in [0.25, 0.3) is 0 Å². The minimum absolute atomic E-state index is 0.0553. The molecule has 0 aromatic heterocycles. The molecule has 0 radical (unpaired) electrons. The third-order valence-corrected chi connectivity index (χ3v) is 7.95. The molecule has 2 aromatic rings. The maximum absolute atomic E-state index is 12.2. The summed E-state index contributed by atoms with van der Waals surface area (Å²) in [4.78, 5) is 23.0. The molecule has 1 N–H and O–H groups in total. The summed E-state index contributed by atoms with van der Waals surface area (Å²) in [6.07, 6.45) is 3.22. The first-order valence-electron chi connectivity index (χ1n) is 7.44. The van der Waals surface area contributed by atoms with Gasteiger partial charge in [-0.3, -0.25) is 0 Å². The number of allylic oxidation sites excluding steroid dienone is 1. The van der Waals surface area contributed by atoms with E-state index in [1.54, 1.807) is 18.2 Å². The molecule has 2 rings (SSSR count). The monoisotopic (exact) mass is 370 g/mol. The SMILES string of the molecule is [CH3][Ge]([CH3])([CH3])[c]1ccc(C(=O)/C=C/c2ccc(C(=O)O)cc2)cc1. The van der Waals surface area contributed by atoms with Crippen molar-refractivity contribution < 1.29 is 14.7 Å². The van der Waals surface area contributed by atoms with Crippen LogP contribution in [0.15, 0.2) is 54.6 Å². The summed E-state index contributed by atoms with van der Waals surface area (Å²) < 4.78 is 1.37. The number of ketones is 1. The molecule has 0 amide bonds. The van der Waals surface area contributed by atoms with Crippen LogP contribution in [-0.4, -0.2) is 30.1 Å². The van der Waals surface area contributed by atoms with Crippen LogP contribution in [0.5, 0.6) is 0 Å². The van der Waals surface area contributed by atoms with Gasteiger partial charge in [0, 0.05) is 0 Å². The fraction of sp³-hybridized carbons (Fsp3) is 0.158. The van der Waals surface area contributed by atoms with E-state index in [9.17, 15) is 9.59 Å². The van der Waals surface area contributed by atoms with Crippen molar-refractivity contribution in [2.75, 3.05) is 0 Å². The Balaban J connectivity index is 2.10. The van der Waals surface area contributed by atoms with E-state index < -0.39 is 19.2 Å². The van der Waals surface area contributed by atoms with Crippen molar-refractivity contribution in [2.45, 2.75) is 17.3 Å². The predicted molar refractivity (Wildman–Crippen MR) is 96.2 cm³/mol. The Labute approximate surface area is 139 Å². The molecule has 0 heterocycles. The van der Waals surface area contributed by atoms with E-state index in [0.717, 1.165) is 5.56 Å². The van der Waals surface area contributed by atoms with Crippen LogP contribution >= 0.6 is 0 Å². The van der Waals surface area contributed by atoms with Crippen molar-refractivity contribution in [3.8, 4) is 0 Å². The third kappa shape index (κ3) is 4.66. The Morgan fingerprint density at radius 1 is 0.870 bits per heavy atom. The molecule has 0 saturated carbocycles. The second-order valence-corrected chi connectivity index (χ2v) is 17.1. The van der Waals surface area contributed by atoms with Gasteiger partial charge in [0.2, 0.25) is 0 Å². The zero-order valence-corrected chi connectivity index (χ0v) is 15.6. The number of rotatable bonds is 5. The zero-order chi connectivity index (χ0) is 17.0. The summed E-state index contributed by atoms with van der Waals surface area (Å²) in [6, 6.07) is 14.3. The van der Waals surface area contributed by atoms with Gasteiger partial charge in [-0.15, -0.1) is 0 Å². The summed E-state index contributed by atoms with van der Waals surface area (Å²) in [7, 11) is 0. The molecule has 0 saturated heterocycles. The second-order valence-electron chi connectivity index (χ2n) is 6.45. The van der Waals surface area contributed by atoms with Crippen LogP contribution in [-0.2, 0) is 0 Å². The summed E-state index contributed by atoms with van der Waals surface area (Å²) in [5.41, 5.74) is 1.69. The first kappa shape index (κ1) is 17.2. The summed E-state index contributed by atoms with van der Waals surface area (Å²) >= 11 is -1.85. The van der Waals surface area contributed by atoms with Crippen molar-refractivity contribution in [1.29, 1.82) is 0 Å². The van der Waals surface area contributed by atoms with Crippen LogP contribution in [0.3, 0.4) is 0 Å². The van der Waals surface area contributed by atoms with Crippen molar-refractivity contribution in [3.63, 3.8) is 0 Å². The second kappa shape index (κ2) is 6.96. The third-order valence-electron chi connectivity index (χ3n) is 3.62. The van der Waals surface area contributed by atoms with Crippen LogP contribution < -0.4 is 4.40 Å². The van der Waals surface area contributed by atoms with Crippen molar-refractivity contribution in [1.82, 2.24) is 0 Å². The van der Waals surface area contributed by atoms with Crippen LogP contribution in [0, 0.1) is 0 Å². The standard InChI is InChI=1S/C19H20GeO3/c1-20(2,3)17-11-9-15(10-12-17)18(21)13-6-14-4-7-16(8-5-14)19(22)23/h4-13H,1-3H3,(H,22,23)/b13-6+. The number of carboxylic acids is 1. The molecule has 0 bridgehead atoms. The van der Waals surface area contributed by atoms with Crippen molar-refractivity contribution in [2.24, 2.45) is 0 Å². The van der Waals surface area contributed by atoms with Crippen molar-refractivity contribution >= 4 is 35.5 Å². The van der Waals surface area contributed by atoms with E-state index in [1.807, 2.05) is 12.1 Å². The molecule has 0 fully saturated rings. The molecule has 0 atom stereocenters. The maximum atomic E-state index is 12.2. The molecule has 0 aliphatic rings. The van der Waals surface area contributed by atoms with E-state index in [0.29, 0.717) is 5.56 Å².